The zero-order valence-corrected chi connectivity index (χ0v) is 16.8. The number of ether oxygens (including phenoxy) is 1. The molecule has 1 fully saturated rings. The summed E-state index contributed by atoms with van der Waals surface area (Å²) >= 11 is 0. The minimum atomic E-state index is -0.642. The molecule has 4 rings (SSSR count). The van der Waals surface area contributed by atoms with Crippen LogP contribution in [0.25, 0.3) is 11.1 Å². The lowest BCUT2D eigenvalue weighted by molar-refractivity contribution is -0.116. The summed E-state index contributed by atoms with van der Waals surface area (Å²) < 4.78 is 20.0. The summed E-state index contributed by atoms with van der Waals surface area (Å²) in [5.74, 6) is -0.689. The van der Waals surface area contributed by atoms with Gasteiger partial charge in [0.1, 0.15) is 11.9 Å². The highest BCUT2D eigenvalue weighted by atomic mass is 19.1. The standard InChI is InChI=1S/C23H23FN4O2/c1-27-10-12-28(13-11-27)16-6-8-21(19(14-16)18-4-2-3-5-20(18)24)26-23(29)22-9-7-17(15-25)30-22/h2-6,8-9,14,17H,7,10-13H2,1H3,(H,26,29). The van der Waals surface area contributed by atoms with Gasteiger partial charge in [-0.25, -0.2) is 4.39 Å². The number of likely N-dealkylation sites (N-methyl/N-ethyl adjacent to an activating group) is 1. The highest BCUT2D eigenvalue weighted by Gasteiger charge is 2.24. The summed E-state index contributed by atoms with van der Waals surface area (Å²) in [6, 6.07) is 14.2. The number of nitrogens with zero attached hydrogens (tertiary/aromatic N) is 3. The van der Waals surface area contributed by atoms with Crippen molar-refractivity contribution >= 4 is 17.3 Å². The van der Waals surface area contributed by atoms with Gasteiger partial charge in [-0.05, 0) is 37.4 Å². The van der Waals surface area contributed by atoms with Crippen molar-refractivity contribution in [2.45, 2.75) is 12.5 Å². The van der Waals surface area contributed by atoms with Crippen molar-refractivity contribution in [1.29, 1.82) is 5.26 Å². The van der Waals surface area contributed by atoms with Gasteiger partial charge in [0, 0.05) is 55.1 Å². The summed E-state index contributed by atoms with van der Waals surface area (Å²) in [5.41, 5.74) is 2.50. The fourth-order valence-electron chi connectivity index (χ4n) is 3.68. The SMILES string of the molecule is CN1CCN(c2ccc(NC(=O)C3=CCC(C#N)O3)c(-c3ccccc3F)c2)CC1. The molecule has 0 aromatic heterocycles. The first-order valence-electron chi connectivity index (χ1n) is 9.95. The van der Waals surface area contributed by atoms with E-state index in [0.29, 0.717) is 23.2 Å². The molecule has 1 N–H and O–H groups in total. The molecule has 6 nitrogen and oxygen atoms in total. The largest absolute Gasteiger partial charge is 0.470 e. The molecule has 30 heavy (non-hydrogen) atoms. The molecule has 1 atom stereocenters. The Morgan fingerprint density at radius 2 is 1.93 bits per heavy atom. The predicted molar refractivity (Wildman–Crippen MR) is 113 cm³/mol. The number of hydrogen-bond acceptors (Lipinski definition) is 5. The van der Waals surface area contributed by atoms with Crippen LogP contribution in [0.3, 0.4) is 0 Å². The third-order valence-electron chi connectivity index (χ3n) is 5.44. The van der Waals surface area contributed by atoms with Gasteiger partial charge in [0.25, 0.3) is 5.91 Å². The summed E-state index contributed by atoms with van der Waals surface area (Å²) in [6.07, 6.45) is 1.34. The molecule has 0 saturated carbocycles. The molecule has 1 saturated heterocycles. The quantitative estimate of drug-likeness (QED) is 0.843. The van der Waals surface area contributed by atoms with Gasteiger partial charge in [-0.3, -0.25) is 4.79 Å². The van der Waals surface area contributed by atoms with Crippen molar-refractivity contribution in [2.24, 2.45) is 0 Å². The van der Waals surface area contributed by atoms with Crippen molar-refractivity contribution in [2.75, 3.05) is 43.4 Å². The van der Waals surface area contributed by atoms with Crippen LogP contribution < -0.4 is 10.2 Å². The second-order valence-electron chi connectivity index (χ2n) is 7.49. The number of carbonyl (C=O) groups is 1. The molecular weight excluding hydrogens is 383 g/mol. The molecule has 0 aliphatic carbocycles. The summed E-state index contributed by atoms with van der Waals surface area (Å²) in [4.78, 5) is 17.2. The van der Waals surface area contributed by atoms with Gasteiger partial charge in [-0.15, -0.1) is 0 Å². The average molecular weight is 406 g/mol. The van der Waals surface area contributed by atoms with Crippen LogP contribution in [0, 0.1) is 17.1 Å². The molecule has 7 heteroatoms. The molecule has 2 aromatic carbocycles. The van der Waals surface area contributed by atoms with E-state index < -0.39 is 12.0 Å². The Morgan fingerprint density at radius 1 is 1.17 bits per heavy atom. The normalized spacial score (nSPS) is 19.0. The average Bonchev–Trinajstić information content (AvgIpc) is 3.25. The van der Waals surface area contributed by atoms with Crippen molar-refractivity contribution in [3.05, 3.63) is 60.1 Å². The summed E-state index contributed by atoms with van der Waals surface area (Å²) in [6.45, 7) is 3.68. The fraction of sp³-hybridized carbons (Fsp3) is 0.304. The molecule has 1 unspecified atom stereocenters. The van der Waals surface area contributed by atoms with Crippen molar-refractivity contribution in [3.63, 3.8) is 0 Å². The number of piperazine rings is 1. The Balaban J connectivity index is 1.65. The van der Waals surface area contributed by atoms with Crippen LogP contribution in [0.5, 0.6) is 0 Å². The van der Waals surface area contributed by atoms with Gasteiger partial charge < -0.3 is 19.9 Å². The number of benzene rings is 2. The van der Waals surface area contributed by atoms with Crippen LogP contribution in [-0.2, 0) is 9.53 Å². The second-order valence-corrected chi connectivity index (χ2v) is 7.49. The van der Waals surface area contributed by atoms with E-state index in [0.717, 1.165) is 31.9 Å². The van der Waals surface area contributed by atoms with E-state index >= 15 is 0 Å². The first kappa shape index (κ1) is 19.9. The van der Waals surface area contributed by atoms with E-state index in [9.17, 15) is 9.18 Å². The van der Waals surface area contributed by atoms with E-state index in [-0.39, 0.29) is 11.6 Å². The van der Waals surface area contributed by atoms with E-state index in [1.165, 1.54) is 6.07 Å². The highest BCUT2D eigenvalue weighted by molar-refractivity contribution is 6.05. The number of rotatable bonds is 4. The van der Waals surface area contributed by atoms with Crippen LogP contribution >= 0.6 is 0 Å². The molecule has 0 spiro atoms. The lowest BCUT2D eigenvalue weighted by atomic mass is 10.0. The molecule has 2 aliphatic heterocycles. The van der Waals surface area contributed by atoms with Crippen LogP contribution in [0.4, 0.5) is 15.8 Å². The number of nitrogens with one attached hydrogen (secondary N) is 1. The number of carbonyl (C=O) groups excluding carboxylic acids is 1. The zero-order valence-electron chi connectivity index (χ0n) is 16.8. The molecule has 1 amide bonds. The molecule has 2 aliphatic rings. The lowest BCUT2D eigenvalue weighted by Gasteiger charge is -2.34. The smallest absolute Gasteiger partial charge is 0.290 e. The third-order valence-corrected chi connectivity index (χ3v) is 5.44. The van der Waals surface area contributed by atoms with E-state index in [2.05, 4.69) is 22.2 Å². The monoisotopic (exact) mass is 406 g/mol. The molecule has 154 valence electrons. The van der Waals surface area contributed by atoms with Crippen molar-refractivity contribution in [1.82, 2.24) is 4.90 Å². The summed E-state index contributed by atoms with van der Waals surface area (Å²) in [7, 11) is 2.09. The van der Waals surface area contributed by atoms with Gasteiger partial charge in [0.05, 0.1) is 0 Å². The van der Waals surface area contributed by atoms with Gasteiger partial charge in [0.2, 0.25) is 0 Å². The van der Waals surface area contributed by atoms with Gasteiger partial charge in [-0.1, -0.05) is 18.2 Å². The molecule has 0 radical (unpaired) electrons. The number of hydrogen-bond donors (Lipinski definition) is 1. The number of amides is 1. The minimum absolute atomic E-state index is 0.115. The van der Waals surface area contributed by atoms with Crippen LogP contribution in [-0.4, -0.2) is 50.1 Å². The van der Waals surface area contributed by atoms with E-state index in [4.69, 9.17) is 10.00 Å². The van der Waals surface area contributed by atoms with Crippen molar-refractivity contribution in [3.8, 4) is 17.2 Å². The van der Waals surface area contributed by atoms with Gasteiger partial charge in [-0.2, -0.15) is 5.26 Å². The first-order valence-corrected chi connectivity index (χ1v) is 9.95. The highest BCUT2D eigenvalue weighted by Crippen LogP contribution is 2.34. The Bertz CT molecular complexity index is 1020. The molecule has 0 bridgehead atoms. The number of nitriles is 1. The van der Waals surface area contributed by atoms with Crippen LogP contribution in [0.15, 0.2) is 54.3 Å². The zero-order chi connectivity index (χ0) is 21.1. The van der Waals surface area contributed by atoms with Gasteiger partial charge in [0.15, 0.2) is 11.9 Å². The molecular formula is C23H23FN4O2. The third kappa shape index (κ3) is 4.14. The number of anilines is 2. The minimum Gasteiger partial charge on any atom is -0.470 e. The Kier molecular flexibility index (Phi) is 5.68. The lowest BCUT2D eigenvalue weighted by Crippen LogP contribution is -2.44. The van der Waals surface area contributed by atoms with Gasteiger partial charge >= 0.3 is 0 Å². The Labute approximate surface area is 175 Å². The van der Waals surface area contributed by atoms with E-state index in [1.807, 2.05) is 18.2 Å². The Hall–Kier alpha value is -3.37. The summed E-state index contributed by atoms with van der Waals surface area (Å²) in [5, 5.41) is 11.8. The van der Waals surface area contributed by atoms with E-state index in [1.54, 1.807) is 30.3 Å². The fourth-order valence-corrected chi connectivity index (χ4v) is 3.68. The topological polar surface area (TPSA) is 68.6 Å². The van der Waals surface area contributed by atoms with Crippen LogP contribution in [0.1, 0.15) is 6.42 Å². The molecule has 2 aromatic rings. The maximum absolute atomic E-state index is 14.6. The predicted octanol–water partition coefficient (Wildman–Crippen LogP) is 3.38. The molecule has 2 heterocycles. The second kappa shape index (κ2) is 8.56. The maximum atomic E-state index is 14.6. The van der Waals surface area contributed by atoms with Crippen LogP contribution in [0.2, 0.25) is 0 Å². The van der Waals surface area contributed by atoms with Crippen molar-refractivity contribution < 1.29 is 13.9 Å². The maximum Gasteiger partial charge on any atom is 0.290 e. The first-order chi connectivity index (χ1) is 14.5. The Morgan fingerprint density at radius 3 is 2.63 bits per heavy atom. The number of halogens is 1.